The highest BCUT2D eigenvalue weighted by molar-refractivity contribution is 5.73. The molecule has 110 valence electrons. The average molecular weight is 286 g/mol. The zero-order valence-electron chi connectivity index (χ0n) is 12.1. The maximum atomic E-state index is 11.4. The molecule has 4 heteroatoms. The Bertz CT molecular complexity index is 622. The van der Waals surface area contributed by atoms with Crippen molar-refractivity contribution < 1.29 is 19.4 Å². The van der Waals surface area contributed by atoms with Gasteiger partial charge in [-0.1, -0.05) is 30.3 Å². The Morgan fingerprint density at radius 3 is 2.62 bits per heavy atom. The number of aliphatic carboxylic acids is 1. The molecule has 1 N–H and O–H groups in total. The van der Waals surface area contributed by atoms with Crippen molar-refractivity contribution in [3.8, 4) is 11.5 Å². The molecule has 21 heavy (non-hydrogen) atoms. The van der Waals surface area contributed by atoms with E-state index in [0.717, 1.165) is 11.1 Å². The molecule has 2 aromatic carbocycles. The van der Waals surface area contributed by atoms with Gasteiger partial charge in [0.1, 0.15) is 11.5 Å². The molecular weight excluding hydrogens is 268 g/mol. The van der Waals surface area contributed by atoms with E-state index in [1.165, 1.54) is 0 Å². The molecule has 0 unspecified atom stereocenters. The minimum atomic E-state index is -0.985. The van der Waals surface area contributed by atoms with Crippen molar-refractivity contribution in [1.82, 2.24) is 0 Å². The van der Waals surface area contributed by atoms with Gasteiger partial charge in [-0.2, -0.15) is 0 Å². The Balaban J connectivity index is 2.16. The molecule has 0 aromatic heterocycles. The first-order valence-electron chi connectivity index (χ1n) is 6.68. The summed E-state index contributed by atoms with van der Waals surface area (Å²) in [6, 6.07) is 14.7. The van der Waals surface area contributed by atoms with Crippen LogP contribution < -0.4 is 9.47 Å². The van der Waals surface area contributed by atoms with Gasteiger partial charge in [0.2, 0.25) is 0 Å². The van der Waals surface area contributed by atoms with Gasteiger partial charge in [0, 0.05) is 6.42 Å². The van der Waals surface area contributed by atoms with Crippen molar-refractivity contribution in [2.45, 2.75) is 19.4 Å². The number of aryl methyl sites for hydroxylation is 1. The van der Waals surface area contributed by atoms with E-state index in [1.807, 2.05) is 49.4 Å². The Hall–Kier alpha value is -2.49. The number of carbonyl (C=O) groups is 1. The quantitative estimate of drug-likeness (QED) is 0.886. The van der Waals surface area contributed by atoms with Crippen LogP contribution in [-0.2, 0) is 11.2 Å². The van der Waals surface area contributed by atoms with Gasteiger partial charge >= 0.3 is 5.97 Å². The van der Waals surface area contributed by atoms with Gasteiger partial charge in [-0.15, -0.1) is 0 Å². The van der Waals surface area contributed by atoms with E-state index in [-0.39, 0.29) is 6.42 Å². The van der Waals surface area contributed by atoms with E-state index in [1.54, 1.807) is 13.2 Å². The van der Waals surface area contributed by atoms with Gasteiger partial charge in [-0.3, -0.25) is 0 Å². The van der Waals surface area contributed by atoms with Crippen molar-refractivity contribution in [3.63, 3.8) is 0 Å². The lowest BCUT2D eigenvalue weighted by Crippen LogP contribution is -2.29. The van der Waals surface area contributed by atoms with Crippen molar-refractivity contribution in [2.75, 3.05) is 7.11 Å². The monoisotopic (exact) mass is 286 g/mol. The van der Waals surface area contributed by atoms with E-state index in [9.17, 15) is 9.90 Å². The summed E-state index contributed by atoms with van der Waals surface area (Å²) in [5.41, 5.74) is 1.77. The van der Waals surface area contributed by atoms with Crippen LogP contribution in [0, 0.1) is 6.92 Å². The second-order valence-corrected chi connectivity index (χ2v) is 4.77. The second-order valence-electron chi connectivity index (χ2n) is 4.77. The first kappa shape index (κ1) is 14.9. The second kappa shape index (κ2) is 6.79. The zero-order valence-corrected chi connectivity index (χ0v) is 12.1. The van der Waals surface area contributed by atoms with Crippen LogP contribution in [0.4, 0.5) is 0 Å². The third-order valence-corrected chi connectivity index (χ3v) is 3.19. The third kappa shape index (κ3) is 3.99. The Morgan fingerprint density at radius 1 is 1.19 bits per heavy atom. The minimum absolute atomic E-state index is 0.279. The fourth-order valence-corrected chi connectivity index (χ4v) is 2.03. The number of ether oxygens (including phenoxy) is 2. The number of rotatable bonds is 6. The third-order valence-electron chi connectivity index (χ3n) is 3.19. The molecule has 0 radical (unpaired) electrons. The van der Waals surface area contributed by atoms with Crippen LogP contribution in [0.25, 0.3) is 0 Å². The first-order chi connectivity index (χ1) is 10.1. The first-order valence-corrected chi connectivity index (χ1v) is 6.68. The number of para-hydroxylation sites is 1. The Labute approximate surface area is 123 Å². The highest BCUT2D eigenvalue weighted by Crippen LogP contribution is 2.20. The SMILES string of the molecule is COc1cccc(C[C@@H](Oc2ccccc2C)C(=O)O)c1. The van der Waals surface area contributed by atoms with Crippen LogP contribution in [0.15, 0.2) is 48.5 Å². The highest BCUT2D eigenvalue weighted by Gasteiger charge is 2.21. The molecule has 0 amide bonds. The molecule has 2 aromatic rings. The lowest BCUT2D eigenvalue weighted by Gasteiger charge is -2.17. The van der Waals surface area contributed by atoms with Gasteiger partial charge in [-0.25, -0.2) is 4.79 Å². The van der Waals surface area contributed by atoms with Crippen LogP contribution in [0.5, 0.6) is 11.5 Å². The molecule has 1 atom stereocenters. The molecule has 0 spiro atoms. The van der Waals surface area contributed by atoms with Crippen LogP contribution in [0.2, 0.25) is 0 Å². The standard InChI is InChI=1S/C17H18O4/c1-12-6-3-4-9-15(12)21-16(17(18)19)11-13-7-5-8-14(10-13)20-2/h3-10,16H,11H2,1-2H3,(H,18,19)/t16-/m1/s1. The number of carboxylic acids is 1. The molecule has 0 saturated carbocycles. The lowest BCUT2D eigenvalue weighted by atomic mass is 10.1. The average Bonchev–Trinajstić information content (AvgIpc) is 2.49. The summed E-state index contributed by atoms with van der Waals surface area (Å²) in [6.45, 7) is 1.89. The lowest BCUT2D eigenvalue weighted by molar-refractivity contribution is -0.145. The molecule has 0 aliphatic heterocycles. The molecule has 2 rings (SSSR count). The minimum Gasteiger partial charge on any atom is -0.497 e. The topological polar surface area (TPSA) is 55.8 Å². The molecule has 4 nitrogen and oxygen atoms in total. The van der Waals surface area contributed by atoms with Gasteiger partial charge in [-0.05, 0) is 36.2 Å². The predicted octanol–water partition coefficient (Wildman–Crippen LogP) is 3.08. The van der Waals surface area contributed by atoms with E-state index in [0.29, 0.717) is 11.5 Å². The summed E-state index contributed by atoms with van der Waals surface area (Å²) < 4.78 is 10.8. The zero-order chi connectivity index (χ0) is 15.2. The highest BCUT2D eigenvalue weighted by atomic mass is 16.5. The van der Waals surface area contributed by atoms with Crippen LogP contribution >= 0.6 is 0 Å². The number of methoxy groups -OCH3 is 1. The van der Waals surface area contributed by atoms with E-state index < -0.39 is 12.1 Å². The van der Waals surface area contributed by atoms with Gasteiger partial charge in [0.25, 0.3) is 0 Å². The molecule has 0 aliphatic rings. The van der Waals surface area contributed by atoms with Crippen molar-refractivity contribution in [2.24, 2.45) is 0 Å². The van der Waals surface area contributed by atoms with Crippen LogP contribution in [-0.4, -0.2) is 24.3 Å². The summed E-state index contributed by atoms with van der Waals surface area (Å²) in [7, 11) is 1.58. The van der Waals surface area contributed by atoms with Crippen molar-refractivity contribution in [3.05, 3.63) is 59.7 Å². The van der Waals surface area contributed by atoms with E-state index in [4.69, 9.17) is 9.47 Å². The predicted molar refractivity (Wildman–Crippen MR) is 79.9 cm³/mol. The van der Waals surface area contributed by atoms with Gasteiger partial charge < -0.3 is 14.6 Å². The summed E-state index contributed by atoms with van der Waals surface area (Å²) in [4.78, 5) is 11.4. The normalized spacial score (nSPS) is 11.7. The van der Waals surface area contributed by atoms with Crippen LogP contribution in [0.3, 0.4) is 0 Å². The molecule has 0 aliphatic carbocycles. The van der Waals surface area contributed by atoms with Gasteiger partial charge in [0.05, 0.1) is 7.11 Å². The molecule has 0 bridgehead atoms. The number of benzene rings is 2. The van der Waals surface area contributed by atoms with E-state index in [2.05, 4.69) is 0 Å². The smallest absolute Gasteiger partial charge is 0.345 e. The Morgan fingerprint density at radius 2 is 1.95 bits per heavy atom. The fourth-order valence-electron chi connectivity index (χ4n) is 2.03. The van der Waals surface area contributed by atoms with E-state index >= 15 is 0 Å². The summed E-state index contributed by atoms with van der Waals surface area (Å²) >= 11 is 0. The van der Waals surface area contributed by atoms with Crippen LogP contribution in [0.1, 0.15) is 11.1 Å². The summed E-state index contributed by atoms with van der Waals surface area (Å²) in [5, 5.41) is 9.36. The van der Waals surface area contributed by atoms with Gasteiger partial charge in [0.15, 0.2) is 6.10 Å². The number of hydrogen-bond acceptors (Lipinski definition) is 3. The summed E-state index contributed by atoms with van der Waals surface area (Å²) in [5.74, 6) is 0.307. The number of hydrogen-bond donors (Lipinski definition) is 1. The largest absolute Gasteiger partial charge is 0.497 e. The molecule has 0 fully saturated rings. The fraction of sp³-hybridized carbons (Fsp3) is 0.235. The Kier molecular flexibility index (Phi) is 4.82. The summed E-state index contributed by atoms with van der Waals surface area (Å²) in [6.07, 6.45) is -0.654. The molecular formula is C17H18O4. The maximum Gasteiger partial charge on any atom is 0.345 e. The maximum absolute atomic E-state index is 11.4. The molecule has 0 heterocycles. The van der Waals surface area contributed by atoms with Crippen molar-refractivity contribution >= 4 is 5.97 Å². The molecule has 0 saturated heterocycles. The van der Waals surface area contributed by atoms with Crippen molar-refractivity contribution in [1.29, 1.82) is 0 Å². The number of carboxylic acid groups (broad SMARTS) is 1.